The summed E-state index contributed by atoms with van der Waals surface area (Å²) in [5.74, 6) is -0.776. The van der Waals surface area contributed by atoms with Gasteiger partial charge in [0.15, 0.2) is 0 Å². The molecule has 174 valence electrons. The number of hydrogen-bond donors (Lipinski definition) is 5. The molecule has 1 aliphatic rings. The van der Waals surface area contributed by atoms with E-state index < -0.39 is 34.2 Å². The van der Waals surface area contributed by atoms with Gasteiger partial charge in [0, 0.05) is 31.6 Å². The van der Waals surface area contributed by atoms with Gasteiger partial charge >= 0.3 is 0 Å². The smallest absolute Gasteiger partial charge is 0.240 e. The molecule has 1 aliphatic carbocycles. The van der Waals surface area contributed by atoms with Gasteiger partial charge in [0.25, 0.3) is 0 Å². The first kappa shape index (κ1) is 24.2. The third-order valence-electron chi connectivity index (χ3n) is 5.88. The Labute approximate surface area is 189 Å². The van der Waals surface area contributed by atoms with Crippen LogP contribution >= 0.6 is 0 Å². The van der Waals surface area contributed by atoms with Crippen molar-refractivity contribution in [1.29, 1.82) is 0 Å². The summed E-state index contributed by atoms with van der Waals surface area (Å²) < 4.78 is 27.3. The highest BCUT2D eigenvalue weighted by molar-refractivity contribution is 7.89. The minimum absolute atomic E-state index is 0.0994. The van der Waals surface area contributed by atoms with E-state index >= 15 is 0 Å². The highest BCUT2D eigenvalue weighted by Crippen LogP contribution is 2.31. The molecule has 2 aromatic carbocycles. The van der Waals surface area contributed by atoms with E-state index in [0.29, 0.717) is 12.8 Å². The van der Waals surface area contributed by atoms with Crippen molar-refractivity contribution in [2.45, 2.75) is 49.3 Å². The third-order valence-corrected chi connectivity index (χ3v) is 7.32. The van der Waals surface area contributed by atoms with Gasteiger partial charge < -0.3 is 20.8 Å². The Morgan fingerprint density at radius 1 is 1.16 bits per heavy atom. The molecule has 0 fully saturated rings. The fraction of sp³-hybridized carbons (Fsp3) is 0.435. The quantitative estimate of drug-likeness (QED) is 0.365. The molecule has 8 nitrogen and oxygen atoms in total. The summed E-state index contributed by atoms with van der Waals surface area (Å²) in [4.78, 5) is 12.9. The van der Waals surface area contributed by atoms with E-state index in [1.54, 1.807) is 19.2 Å². The predicted octanol–water partition coefficient (Wildman–Crippen LogP) is 1.56. The Bertz CT molecular complexity index is 1030. The number of anilines is 1. The molecule has 0 bridgehead atoms. The van der Waals surface area contributed by atoms with E-state index in [2.05, 4.69) is 15.4 Å². The molecule has 0 radical (unpaired) electrons. The van der Waals surface area contributed by atoms with Gasteiger partial charge in [-0.15, -0.1) is 0 Å². The summed E-state index contributed by atoms with van der Waals surface area (Å²) in [6.45, 7) is 1.64. The zero-order valence-electron chi connectivity index (χ0n) is 18.3. The molecule has 4 atom stereocenters. The van der Waals surface area contributed by atoms with Gasteiger partial charge in [-0.05, 0) is 48.2 Å². The number of rotatable bonds is 10. The second kappa shape index (κ2) is 10.4. The molecule has 0 saturated heterocycles. The van der Waals surface area contributed by atoms with Crippen molar-refractivity contribution in [2.75, 3.05) is 18.9 Å². The van der Waals surface area contributed by atoms with Gasteiger partial charge in [0.1, 0.15) is 0 Å². The summed E-state index contributed by atoms with van der Waals surface area (Å²) in [7, 11) is -2.03. The number of aliphatic hydroxyl groups excluding tert-OH is 2. The van der Waals surface area contributed by atoms with Crippen LogP contribution in [0.25, 0.3) is 0 Å². The molecular formula is C23H31N3O5S. The number of carbonyl (C=O) groups excluding carboxylic acids is 1. The Morgan fingerprint density at radius 2 is 1.84 bits per heavy atom. The molecule has 2 aromatic rings. The number of benzene rings is 2. The van der Waals surface area contributed by atoms with Crippen molar-refractivity contribution in [3.8, 4) is 0 Å². The number of fused-ring (bicyclic) bond motifs is 1. The Morgan fingerprint density at radius 3 is 2.50 bits per heavy atom. The van der Waals surface area contributed by atoms with Crippen LogP contribution in [0.2, 0.25) is 0 Å². The maximum atomic E-state index is 12.8. The van der Waals surface area contributed by atoms with Crippen LogP contribution in [-0.4, -0.2) is 50.3 Å². The molecule has 0 spiro atoms. The lowest BCUT2D eigenvalue weighted by atomic mass is 9.96. The monoisotopic (exact) mass is 461 g/mol. The van der Waals surface area contributed by atoms with Crippen LogP contribution in [0.3, 0.4) is 0 Å². The van der Waals surface area contributed by atoms with Gasteiger partial charge in [0.2, 0.25) is 15.9 Å². The zero-order valence-corrected chi connectivity index (χ0v) is 19.1. The molecule has 0 aromatic heterocycles. The molecule has 5 N–H and O–H groups in total. The van der Waals surface area contributed by atoms with Crippen molar-refractivity contribution in [3.05, 3.63) is 59.7 Å². The van der Waals surface area contributed by atoms with E-state index in [4.69, 9.17) is 0 Å². The fourth-order valence-electron chi connectivity index (χ4n) is 3.98. The van der Waals surface area contributed by atoms with Crippen LogP contribution in [0, 0.1) is 5.92 Å². The molecule has 4 unspecified atom stereocenters. The molecule has 0 aliphatic heterocycles. The maximum Gasteiger partial charge on any atom is 0.240 e. The van der Waals surface area contributed by atoms with Crippen LogP contribution in [0.1, 0.15) is 36.9 Å². The second-order valence-electron chi connectivity index (χ2n) is 8.08. The summed E-state index contributed by atoms with van der Waals surface area (Å²) in [5, 5.41) is 26.6. The van der Waals surface area contributed by atoms with E-state index in [9.17, 15) is 23.4 Å². The Hall–Kier alpha value is -2.46. The van der Waals surface area contributed by atoms with Gasteiger partial charge in [-0.1, -0.05) is 31.2 Å². The number of nitrogens with one attached hydrogen (secondary N) is 3. The summed E-state index contributed by atoms with van der Waals surface area (Å²) >= 11 is 0. The Kier molecular flexibility index (Phi) is 7.89. The van der Waals surface area contributed by atoms with Crippen LogP contribution < -0.4 is 15.4 Å². The molecule has 9 heteroatoms. The number of carbonyl (C=O) groups is 1. The summed E-state index contributed by atoms with van der Waals surface area (Å²) in [5.41, 5.74) is 2.70. The first-order valence-electron chi connectivity index (χ1n) is 10.8. The first-order chi connectivity index (χ1) is 15.2. The van der Waals surface area contributed by atoms with Gasteiger partial charge in [-0.2, -0.15) is 0 Å². The molecule has 0 heterocycles. The lowest BCUT2D eigenvalue weighted by Crippen LogP contribution is -2.40. The number of aliphatic hydroxyl groups is 2. The SMILES string of the molecule is CCC(CC(O)CNS(=O)(=O)c1ccc(NC)cc1)C(=O)NC1c2ccccc2CC1O. The molecule has 1 amide bonds. The molecular weight excluding hydrogens is 430 g/mol. The number of sulfonamides is 1. The van der Waals surface area contributed by atoms with Crippen LogP contribution in [0.5, 0.6) is 0 Å². The molecule has 32 heavy (non-hydrogen) atoms. The molecule has 3 rings (SSSR count). The first-order valence-corrected chi connectivity index (χ1v) is 12.2. The lowest BCUT2D eigenvalue weighted by molar-refractivity contribution is -0.127. The zero-order chi connectivity index (χ0) is 23.3. The summed E-state index contributed by atoms with van der Waals surface area (Å²) in [6, 6.07) is 13.4. The predicted molar refractivity (Wildman–Crippen MR) is 123 cm³/mol. The number of hydrogen-bond acceptors (Lipinski definition) is 6. The van der Waals surface area contributed by atoms with Crippen LogP contribution in [0.4, 0.5) is 5.69 Å². The average Bonchev–Trinajstić information content (AvgIpc) is 3.11. The second-order valence-corrected chi connectivity index (χ2v) is 9.84. The number of amides is 1. The minimum Gasteiger partial charge on any atom is -0.392 e. The van der Waals surface area contributed by atoms with Crippen LogP contribution in [0.15, 0.2) is 53.4 Å². The minimum atomic E-state index is -3.77. The van der Waals surface area contributed by atoms with E-state index in [-0.39, 0.29) is 23.8 Å². The van der Waals surface area contributed by atoms with E-state index in [1.807, 2.05) is 31.2 Å². The summed E-state index contributed by atoms with van der Waals surface area (Å²) in [6.07, 6.45) is -0.658. The highest BCUT2D eigenvalue weighted by Gasteiger charge is 2.33. The molecule has 0 saturated carbocycles. The largest absolute Gasteiger partial charge is 0.392 e. The van der Waals surface area contributed by atoms with Gasteiger partial charge in [0.05, 0.1) is 23.1 Å². The average molecular weight is 462 g/mol. The maximum absolute atomic E-state index is 12.8. The standard InChI is InChI=1S/C23H31N3O5S/c1-3-15(23(29)26-22-20-7-5-4-6-16(20)13-21(22)28)12-18(27)14-25-32(30,31)19-10-8-17(24-2)9-11-19/h4-11,15,18,21-22,24-25,27-28H,3,12-14H2,1-2H3,(H,26,29). The highest BCUT2D eigenvalue weighted by atomic mass is 32.2. The van der Waals surface area contributed by atoms with Crippen molar-refractivity contribution in [1.82, 2.24) is 10.0 Å². The van der Waals surface area contributed by atoms with E-state index in [0.717, 1.165) is 16.8 Å². The van der Waals surface area contributed by atoms with Gasteiger partial charge in [-0.25, -0.2) is 13.1 Å². The lowest BCUT2D eigenvalue weighted by Gasteiger charge is -2.23. The van der Waals surface area contributed by atoms with Crippen molar-refractivity contribution >= 4 is 21.6 Å². The van der Waals surface area contributed by atoms with Crippen molar-refractivity contribution in [3.63, 3.8) is 0 Å². The van der Waals surface area contributed by atoms with E-state index in [1.165, 1.54) is 12.1 Å². The van der Waals surface area contributed by atoms with Crippen molar-refractivity contribution in [2.24, 2.45) is 5.92 Å². The van der Waals surface area contributed by atoms with Gasteiger partial charge in [-0.3, -0.25) is 4.79 Å². The topological polar surface area (TPSA) is 128 Å². The van der Waals surface area contributed by atoms with Crippen molar-refractivity contribution < 1.29 is 23.4 Å². The normalized spacial score (nSPS) is 19.8. The third kappa shape index (κ3) is 5.66. The fourth-order valence-corrected chi connectivity index (χ4v) is 5.05. The Balaban J connectivity index is 1.56. The van der Waals surface area contributed by atoms with Crippen LogP contribution in [-0.2, 0) is 21.2 Å².